The van der Waals surface area contributed by atoms with Crippen molar-refractivity contribution >= 4 is 0 Å². The molecule has 22 heavy (non-hydrogen) atoms. The quantitative estimate of drug-likeness (QED) is 0.784. The molecule has 0 amide bonds. The van der Waals surface area contributed by atoms with Gasteiger partial charge in [0.15, 0.2) is 12.1 Å². The molecule has 0 bridgehead atoms. The van der Waals surface area contributed by atoms with Crippen molar-refractivity contribution in [1.29, 1.82) is 0 Å². The first-order chi connectivity index (χ1) is 10.5. The van der Waals surface area contributed by atoms with E-state index >= 15 is 0 Å². The van der Waals surface area contributed by atoms with Gasteiger partial charge in [0.2, 0.25) is 0 Å². The molecule has 1 heterocycles. The minimum Gasteiger partial charge on any atom is -0.364 e. The number of methoxy groups -OCH3 is 1. The highest BCUT2D eigenvalue weighted by Gasteiger charge is 2.35. The maximum atomic E-state index is 10.1. The lowest BCUT2D eigenvalue weighted by molar-refractivity contribution is -0.290. The van der Waals surface area contributed by atoms with E-state index in [9.17, 15) is 5.11 Å². The fourth-order valence-electron chi connectivity index (χ4n) is 2.32. The van der Waals surface area contributed by atoms with E-state index in [0.717, 1.165) is 18.4 Å². The topological polar surface area (TPSA) is 57.2 Å². The maximum absolute atomic E-state index is 10.1. The number of ether oxygens (including phenoxy) is 4. The molecule has 4 unspecified atom stereocenters. The van der Waals surface area contributed by atoms with Gasteiger partial charge in [-0.25, -0.2) is 0 Å². The molecular formula is C17H26O5. The summed E-state index contributed by atoms with van der Waals surface area (Å²) in [4.78, 5) is 0. The zero-order valence-electron chi connectivity index (χ0n) is 13.5. The Hall–Kier alpha value is -0.980. The molecule has 1 aromatic rings. The van der Waals surface area contributed by atoms with Gasteiger partial charge < -0.3 is 24.1 Å². The molecule has 5 nitrogen and oxygen atoms in total. The molecule has 124 valence electrons. The second-order valence-electron chi connectivity index (χ2n) is 5.75. The van der Waals surface area contributed by atoms with Crippen LogP contribution in [0.15, 0.2) is 30.3 Å². The van der Waals surface area contributed by atoms with Crippen molar-refractivity contribution < 1.29 is 24.1 Å². The van der Waals surface area contributed by atoms with Crippen LogP contribution >= 0.6 is 0 Å². The minimum absolute atomic E-state index is 0.214. The maximum Gasteiger partial charge on any atom is 0.188 e. The van der Waals surface area contributed by atoms with Gasteiger partial charge in [0.25, 0.3) is 0 Å². The lowest BCUT2D eigenvalue weighted by atomic mass is 10.1. The highest BCUT2D eigenvalue weighted by molar-refractivity contribution is 5.13. The SMILES string of the molecule is COC(C)(O)C(C)OC1CCCOC1OCc1ccccc1. The van der Waals surface area contributed by atoms with Gasteiger partial charge in [-0.05, 0) is 32.3 Å². The summed E-state index contributed by atoms with van der Waals surface area (Å²) < 4.78 is 22.5. The van der Waals surface area contributed by atoms with E-state index in [1.54, 1.807) is 13.8 Å². The zero-order chi connectivity index (χ0) is 16.0. The number of hydrogen-bond acceptors (Lipinski definition) is 5. The van der Waals surface area contributed by atoms with E-state index in [0.29, 0.717) is 13.2 Å². The summed E-state index contributed by atoms with van der Waals surface area (Å²) in [6, 6.07) is 9.95. The van der Waals surface area contributed by atoms with E-state index in [1.807, 2.05) is 30.3 Å². The van der Waals surface area contributed by atoms with Gasteiger partial charge in [0, 0.05) is 13.7 Å². The van der Waals surface area contributed by atoms with Crippen LogP contribution in [-0.2, 0) is 25.6 Å². The van der Waals surface area contributed by atoms with Gasteiger partial charge in [0.1, 0.15) is 12.2 Å². The molecule has 1 saturated heterocycles. The Balaban J connectivity index is 1.90. The van der Waals surface area contributed by atoms with Crippen molar-refractivity contribution in [2.24, 2.45) is 0 Å². The largest absolute Gasteiger partial charge is 0.364 e. The summed E-state index contributed by atoms with van der Waals surface area (Å²) >= 11 is 0. The molecule has 1 aliphatic heterocycles. The van der Waals surface area contributed by atoms with Gasteiger partial charge in [0.05, 0.1) is 6.61 Å². The van der Waals surface area contributed by atoms with E-state index in [4.69, 9.17) is 18.9 Å². The van der Waals surface area contributed by atoms with E-state index < -0.39 is 18.2 Å². The Morgan fingerprint density at radius 2 is 2.09 bits per heavy atom. The molecular weight excluding hydrogens is 284 g/mol. The van der Waals surface area contributed by atoms with Crippen LogP contribution in [-0.4, -0.2) is 43.1 Å². The van der Waals surface area contributed by atoms with E-state index in [-0.39, 0.29) is 6.10 Å². The van der Waals surface area contributed by atoms with Crippen molar-refractivity contribution in [3.05, 3.63) is 35.9 Å². The van der Waals surface area contributed by atoms with Gasteiger partial charge in [-0.2, -0.15) is 0 Å². The lowest BCUT2D eigenvalue weighted by Crippen LogP contribution is -2.47. The van der Waals surface area contributed by atoms with Crippen LogP contribution < -0.4 is 0 Å². The molecule has 0 aliphatic carbocycles. The summed E-state index contributed by atoms with van der Waals surface area (Å²) in [5, 5.41) is 10.1. The van der Waals surface area contributed by atoms with Crippen LogP contribution in [0.5, 0.6) is 0 Å². The minimum atomic E-state index is -1.33. The third-order valence-electron chi connectivity index (χ3n) is 4.02. The third kappa shape index (κ3) is 4.76. The van der Waals surface area contributed by atoms with E-state index in [2.05, 4.69) is 0 Å². The molecule has 0 spiro atoms. The summed E-state index contributed by atoms with van der Waals surface area (Å²) in [7, 11) is 1.46. The second-order valence-corrected chi connectivity index (χ2v) is 5.75. The normalized spacial score (nSPS) is 26.4. The Kier molecular flexibility index (Phi) is 6.35. The predicted octanol–water partition coefficient (Wildman–Crippen LogP) is 2.47. The molecule has 1 aromatic carbocycles. The molecule has 2 rings (SSSR count). The van der Waals surface area contributed by atoms with Crippen LogP contribution in [0, 0.1) is 0 Å². The monoisotopic (exact) mass is 310 g/mol. The highest BCUT2D eigenvalue weighted by atomic mass is 16.7. The average molecular weight is 310 g/mol. The number of benzene rings is 1. The first-order valence-corrected chi connectivity index (χ1v) is 7.73. The second kappa shape index (κ2) is 8.04. The lowest BCUT2D eigenvalue weighted by Gasteiger charge is -2.37. The van der Waals surface area contributed by atoms with Crippen LogP contribution in [0.3, 0.4) is 0 Å². The van der Waals surface area contributed by atoms with Crippen molar-refractivity contribution in [3.8, 4) is 0 Å². The molecule has 0 radical (unpaired) electrons. The Bertz CT molecular complexity index is 434. The van der Waals surface area contributed by atoms with Gasteiger partial charge in [-0.1, -0.05) is 30.3 Å². The fraction of sp³-hybridized carbons (Fsp3) is 0.647. The first kappa shape index (κ1) is 17.4. The molecule has 5 heteroatoms. The van der Waals surface area contributed by atoms with Crippen LogP contribution in [0.1, 0.15) is 32.3 Å². The molecule has 1 aliphatic rings. The Morgan fingerprint density at radius 1 is 1.36 bits per heavy atom. The van der Waals surface area contributed by atoms with E-state index in [1.165, 1.54) is 7.11 Å². The van der Waals surface area contributed by atoms with Gasteiger partial charge >= 0.3 is 0 Å². The smallest absolute Gasteiger partial charge is 0.188 e. The fourth-order valence-corrected chi connectivity index (χ4v) is 2.32. The number of hydrogen-bond donors (Lipinski definition) is 1. The molecule has 1 N–H and O–H groups in total. The van der Waals surface area contributed by atoms with Crippen LogP contribution in [0.25, 0.3) is 0 Å². The molecule has 0 saturated carbocycles. The van der Waals surface area contributed by atoms with Crippen molar-refractivity contribution in [2.45, 2.75) is 57.6 Å². The summed E-state index contributed by atoms with van der Waals surface area (Å²) in [6.45, 7) is 4.50. The zero-order valence-corrected chi connectivity index (χ0v) is 13.5. The third-order valence-corrected chi connectivity index (χ3v) is 4.02. The molecule has 4 atom stereocenters. The van der Waals surface area contributed by atoms with Crippen LogP contribution in [0.2, 0.25) is 0 Å². The number of aliphatic hydroxyl groups is 1. The first-order valence-electron chi connectivity index (χ1n) is 7.73. The van der Waals surface area contributed by atoms with Crippen molar-refractivity contribution in [2.75, 3.05) is 13.7 Å². The van der Waals surface area contributed by atoms with Crippen molar-refractivity contribution in [1.82, 2.24) is 0 Å². The molecule has 0 aromatic heterocycles. The number of rotatable bonds is 7. The van der Waals surface area contributed by atoms with Crippen molar-refractivity contribution in [3.63, 3.8) is 0 Å². The van der Waals surface area contributed by atoms with Crippen LogP contribution in [0.4, 0.5) is 0 Å². The summed E-state index contributed by atoms with van der Waals surface area (Å²) in [6.07, 6.45) is 0.631. The van der Waals surface area contributed by atoms with Gasteiger partial charge in [-0.3, -0.25) is 0 Å². The molecule has 1 fully saturated rings. The summed E-state index contributed by atoms with van der Waals surface area (Å²) in [5.74, 6) is -1.33. The summed E-state index contributed by atoms with van der Waals surface area (Å²) in [5.41, 5.74) is 1.09. The average Bonchev–Trinajstić information content (AvgIpc) is 2.55. The Morgan fingerprint density at radius 3 is 2.77 bits per heavy atom. The predicted molar refractivity (Wildman–Crippen MR) is 82.2 cm³/mol. The standard InChI is InChI=1S/C17H26O5/c1-13(17(2,18)19-3)22-15-10-7-11-20-16(15)21-12-14-8-5-4-6-9-14/h4-6,8-9,13,15-16,18H,7,10-12H2,1-3H3. The van der Waals surface area contributed by atoms with Gasteiger partial charge in [-0.15, -0.1) is 0 Å². The highest BCUT2D eigenvalue weighted by Crippen LogP contribution is 2.24. The Labute approximate surface area is 132 Å².